The van der Waals surface area contributed by atoms with E-state index in [9.17, 15) is 0 Å². The van der Waals surface area contributed by atoms with Crippen molar-refractivity contribution in [2.24, 2.45) is 5.92 Å². The summed E-state index contributed by atoms with van der Waals surface area (Å²) < 4.78 is 0. The molecule has 0 heterocycles. The van der Waals surface area contributed by atoms with Crippen molar-refractivity contribution >= 4 is 10.8 Å². The average Bonchev–Trinajstić information content (AvgIpc) is 2.46. The second-order valence-corrected chi connectivity index (χ2v) is 5.47. The van der Waals surface area contributed by atoms with Crippen LogP contribution in [0, 0.1) is 5.92 Å². The van der Waals surface area contributed by atoms with Crippen LogP contribution in [0.4, 0.5) is 0 Å². The Bertz CT molecular complexity index is 518. The first-order valence-corrected chi connectivity index (χ1v) is 7.46. The predicted octanol–water partition coefficient (Wildman–Crippen LogP) is 4.93. The minimum Gasteiger partial charge on any atom is -0.310 e. The van der Waals surface area contributed by atoms with Crippen molar-refractivity contribution in [1.29, 1.82) is 0 Å². The van der Waals surface area contributed by atoms with Gasteiger partial charge in [-0.25, -0.2) is 0 Å². The van der Waals surface area contributed by atoms with Crippen LogP contribution in [-0.4, -0.2) is 6.54 Å². The van der Waals surface area contributed by atoms with Crippen molar-refractivity contribution in [2.45, 2.75) is 39.7 Å². The summed E-state index contributed by atoms with van der Waals surface area (Å²) >= 11 is 0. The van der Waals surface area contributed by atoms with Gasteiger partial charge in [-0.15, -0.1) is 0 Å². The van der Waals surface area contributed by atoms with Crippen LogP contribution in [0.15, 0.2) is 42.5 Å². The van der Waals surface area contributed by atoms with E-state index in [1.54, 1.807) is 0 Å². The van der Waals surface area contributed by atoms with E-state index in [1.807, 2.05) is 0 Å². The molecule has 2 atom stereocenters. The van der Waals surface area contributed by atoms with Crippen molar-refractivity contribution in [3.63, 3.8) is 0 Å². The molecule has 0 aromatic heterocycles. The van der Waals surface area contributed by atoms with Crippen molar-refractivity contribution in [1.82, 2.24) is 5.32 Å². The van der Waals surface area contributed by atoms with Crippen molar-refractivity contribution < 1.29 is 0 Å². The van der Waals surface area contributed by atoms with Gasteiger partial charge in [-0.2, -0.15) is 0 Å². The van der Waals surface area contributed by atoms with Crippen molar-refractivity contribution in [3.05, 3.63) is 48.0 Å². The Morgan fingerprint density at radius 2 is 1.74 bits per heavy atom. The van der Waals surface area contributed by atoms with E-state index in [0.717, 1.165) is 12.5 Å². The third-order valence-electron chi connectivity index (χ3n) is 3.96. The molecule has 2 aromatic carbocycles. The summed E-state index contributed by atoms with van der Waals surface area (Å²) in [6.45, 7) is 7.82. The number of fused-ring (bicyclic) bond motifs is 1. The van der Waals surface area contributed by atoms with Gasteiger partial charge in [-0.1, -0.05) is 63.6 Å². The molecule has 1 N–H and O–H groups in total. The molecule has 0 radical (unpaired) electrons. The summed E-state index contributed by atoms with van der Waals surface area (Å²) in [5.74, 6) is 0.760. The first kappa shape index (κ1) is 14.1. The Morgan fingerprint density at radius 3 is 2.42 bits per heavy atom. The van der Waals surface area contributed by atoms with Crippen LogP contribution in [0.5, 0.6) is 0 Å². The first-order chi connectivity index (χ1) is 9.24. The minimum atomic E-state index is 0.476. The Balaban J connectivity index is 2.27. The Morgan fingerprint density at radius 1 is 1.00 bits per heavy atom. The van der Waals surface area contributed by atoms with Crippen molar-refractivity contribution in [2.75, 3.05) is 6.54 Å². The van der Waals surface area contributed by atoms with Gasteiger partial charge in [-0.05, 0) is 41.3 Å². The van der Waals surface area contributed by atoms with Gasteiger partial charge in [0.1, 0.15) is 0 Å². The quantitative estimate of drug-likeness (QED) is 0.772. The maximum absolute atomic E-state index is 3.63. The minimum absolute atomic E-state index is 0.476. The fraction of sp³-hybridized carbons (Fsp3) is 0.444. The van der Waals surface area contributed by atoms with E-state index in [4.69, 9.17) is 0 Å². The lowest BCUT2D eigenvalue weighted by Crippen LogP contribution is -2.22. The van der Waals surface area contributed by atoms with Crippen LogP contribution in [0.1, 0.15) is 45.2 Å². The summed E-state index contributed by atoms with van der Waals surface area (Å²) in [7, 11) is 0. The molecule has 102 valence electrons. The number of nitrogens with one attached hydrogen (secondary N) is 1. The van der Waals surface area contributed by atoms with Crippen LogP contribution >= 0.6 is 0 Å². The zero-order valence-corrected chi connectivity index (χ0v) is 12.3. The fourth-order valence-corrected chi connectivity index (χ4v) is 2.58. The Labute approximate surface area is 117 Å². The second-order valence-electron chi connectivity index (χ2n) is 5.47. The highest BCUT2D eigenvalue weighted by Crippen LogP contribution is 2.26. The largest absolute Gasteiger partial charge is 0.310 e. The number of rotatable bonds is 6. The maximum atomic E-state index is 3.63. The summed E-state index contributed by atoms with van der Waals surface area (Å²) in [6, 6.07) is 15.9. The van der Waals surface area contributed by atoms with Gasteiger partial charge < -0.3 is 5.32 Å². The summed E-state index contributed by atoms with van der Waals surface area (Å²) in [6.07, 6.45) is 2.46. The molecule has 1 heteroatoms. The van der Waals surface area contributed by atoms with Gasteiger partial charge >= 0.3 is 0 Å². The smallest absolute Gasteiger partial charge is 0.0322 e. The summed E-state index contributed by atoms with van der Waals surface area (Å²) in [4.78, 5) is 0. The maximum Gasteiger partial charge on any atom is 0.0322 e. The zero-order valence-electron chi connectivity index (χ0n) is 12.3. The third-order valence-corrected chi connectivity index (χ3v) is 3.96. The topological polar surface area (TPSA) is 12.0 Å². The Hall–Kier alpha value is -1.34. The monoisotopic (exact) mass is 255 g/mol. The molecule has 2 rings (SSSR count). The number of benzene rings is 2. The van der Waals surface area contributed by atoms with Gasteiger partial charge in [0.15, 0.2) is 0 Å². The molecule has 0 spiro atoms. The van der Waals surface area contributed by atoms with E-state index < -0.39 is 0 Å². The van der Waals surface area contributed by atoms with Gasteiger partial charge in [-0.3, -0.25) is 0 Å². The van der Waals surface area contributed by atoms with Crippen LogP contribution < -0.4 is 5.32 Å². The lowest BCUT2D eigenvalue weighted by atomic mass is 9.93. The van der Waals surface area contributed by atoms with Crippen LogP contribution in [0.2, 0.25) is 0 Å². The van der Waals surface area contributed by atoms with Gasteiger partial charge in [0.25, 0.3) is 0 Å². The molecule has 19 heavy (non-hydrogen) atoms. The van der Waals surface area contributed by atoms with Crippen LogP contribution in [0.25, 0.3) is 10.8 Å². The van der Waals surface area contributed by atoms with Gasteiger partial charge in [0.05, 0.1) is 0 Å². The lowest BCUT2D eigenvalue weighted by Gasteiger charge is -2.22. The molecule has 0 saturated carbocycles. The molecule has 0 aliphatic rings. The van der Waals surface area contributed by atoms with Crippen LogP contribution in [-0.2, 0) is 0 Å². The fourth-order valence-electron chi connectivity index (χ4n) is 2.58. The Kier molecular flexibility index (Phi) is 4.98. The van der Waals surface area contributed by atoms with Gasteiger partial charge in [0.2, 0.25) is 0 Å². The first-order valence-electron chi connectivity index (χ1n) is 7.46. The summed E-state index contributed by atoms with van der Waals surface area (Å²) in [5, 5.41) is 6.29. The molecular weight excluding hydrogens is 230 g/mol. The highest BCUT2D eigenvalue weighted by atomic mass is 14.9. The highest BCUT2D eigenvalue weighted by Gasteiger charge is 2.13. The van der Waals surface area contributed by atoms with E-state index in [1.165, 1.54) is 29.2 Å². The van der Waals surface area contributed by atoms with Crippen molar-refractivity contribution in [3.8, 4) is 0 Å². The normalized spacial score (nSPS) is 14.5. The predicted molar refractivity (Wildman–Crippen MR) is 84.4 cm³/mol. The molecule has 2 aromatic rings. The second kappa shape index (κ2) is 6.72. The van der Waals surface area contributed by atoms with E-state index in [-0.39, 0.29) is 0 Å². The lowest BCUT2D eigenvalue weighted by molar-refractivity contribution is 0.408. The molecule has 2 unspecified atom stereocenters. The van der Waals surface area contributed by atoms with E-state index in [0.29, 0.717) is 6.04 Å². The number of hydrogen-bond acceptors (Lipinski definition) is 1. The molecule has 0 amide bonds. The standard InChI is InChI=1S/C18H25N/c1-4-14(3)12-18(19-5-2)17-11-10-15-8-6-7-9-16(15)13-17/h6-11,13-14,18-19H,4-5,12H2,1-3H3. The van der Waals surface area contributed by atoms with E-state index in [2.05, 4.69) is 68.6 Å². The molecule has 0 aliphatic heterocycles. The third kappa shape index (κ3) is 3.57. The molecule has 0 saturated heterocycles. The van der Waals surface area contributed by atoms with E-state index >= 15 is 0 Å². The van der Waals surface area contributed by atoms with Gasteiger partial charge in [0, 0.05) is 6.04 Å². The SMILES string of the molecule is CCNC(CC(C)CC)c1ccc2ccccc2c1. The summed E-state index contributed by atoms with van der Waals surface area (Å²) in [5.41, 5.74) is 1.42. The zero-order chi connectivity index (χ0) is 13.7. The molecular formula is C18H25N. The molecule has 0 aliphatic carbocycles. The molecule has 0 fully saturated rings. The van der Waals surface area contributed by atoms with Crippen LogP contribution in [0.3, 0.4) is 0 Å². The molecule has 0 bridgehead atoms. The number of hydrogen-bond donors (Lipinski definition) is 1. The average molecular weight is 255 g/mol. The highest BCUT2D eigenvalue weighted by molar-refractivity contribution is 5.83. The molecule has 1 nitrogen and oxygen atoms in total.